The van der Waals surface area contributed by atoms with Gasteiger partial charge in [-0.25, -0.2) is 0 Å². The van der Waals surface area contributed by atoms with Crippen LogP contribution in [0, 0.1) is 0 Å². The maximum atomic E-state index is 0. The summed E-state index contributed by atoms with van der Waals surface area (Å²) in [6, 6.07) is 0. The molecule has 0 rings (SSSR count). The normalized spacial score (nSPS) is 0. The summed E-state index contributed by atoms with van der Waals surface area (Å²) in [5.74, 6) is 0. The zero-order valence-corrected chi connectivity index (χ0v) is 8.59. The first kappa shape index (κ1) is 46.7. The first-order valence-electron chi connectivity index (χ1n) is 0. The van der Waals surface area contributed by atoms with Crippen molar-refractivity contribution in [1.82, 2.24) is 0 Å². The zero-order chi connectivity index (χ0) is 0. The van der Waals surface area contributed by atoms with Crippen LogP contribution in [0.1, 0.15) is 0 Å². The van der Waals surface area contributed by atoms with Crippen LogP contribution in [0.4, 0.5) is 0 Å². The average Bonchev–Trinajstić information content (AvgIpc) is 0. The second kappa shape index (κ2) is 29.5. The standard InChI is InChI=1S/Co.Fe.Ni.H2S.Zr/h;;;1H2;. The summed E-state index contributed by atoms with van der Waals surface area (Å²) < 4.78 is 0. The molecule has 0 nitrogen and oxygen atoms in total. The third-order valence-electron chi connectivity index (χ3n) is 0. The smallest absolute Gasteiger partial charge is 0 e. The van der Waals surface area contributed by atoms with Crippen molar-refractivity contribution in [2.45, 2.75) is 0 Å². The number of rotatable bonds is 0. The van der Waals surface area contributed by atoms with Crippen molar-refractivity contribution in [2.75, 3.05) is 0 Å². The number of hydrogen-bond acceptors (Lipinski definition) is 0. The molecule has 0 spiro atoms. The molecule has 0 amide bonds. The molecule has 1 radical (unpaired) electrons. The molecule has 39 valence electrons. The Balaban J connectivity index is 0. The molecular formula is H2CoFeNiSZr. The van der Waals surface area contributed by atoms with Crippen molar-refractivity contribution < 1.29 is 76.5 Å². The van der Waals surface area contributed by atoms with Crippen LogP contribution in [-0.4, -0.2) is 0 Å². The van der Waals surface area contributed by atoms with E-state index in [4.69, 9.17) is 0 Å². The minimum Gasteiger partial charge on any atom is -0.197 e. The molecule has 5 heavy (non-hydrogen) atoms. The molecule has 5 heteroatoms. The summed E-state index contributed by atoms with van der Waals surface area (Å²) in [5, 5.41) is 0. The van der Waals surface area contributed by atoms with Crippen molar-refractivity contribution in [3.63, 3.8) is 0 Å². The van der Waals surface area contributed by atoms with Gasteiger partial charge in [0.25, 0.3) is 0 Å². The van der Waals surface area contributed by atoms with Crippen molar-refractivity contribution in [3.05, 3.63) is 0 Å². The van der Waals surface area contributed by atoms with E-state index in [2.05, 4.69) is 0 Å². The Morgan fingerprint density at radius 2 is 1.00 bits per heavy atom. The van der Waals surface area contributed by atoms with E-state index < -0.39 is 0 Å². The Kier molecular flexibility index (Phi) is 275. The monoisotopic (exact) mass is 297 g/mol. The molecule has 0 aliphatic heterocycles. The summed E-state index contributed by atoms with van der Waals surface area (Å²) in [7, 11) is 0. The van der Waals surface area contributed by atoms with Gasteiger partial charge in [0.1, 0.15) is 0 Å². The molecule has 0 aliphatic rings. The first-order valence-corrected chi connectivity index (χ1v) is 0. The molecule has 0 aliphatic carbocycles. The molecule has 0 aromatic carbocycles. The van der Waals surface area contributed by atoms with E-state index in [-0.39, 0.29) is 90.0 Å². The predicted octanol–water partition coefficient (Wildman–Crippen LogP) is 0.103. The van der Waals surface area contributed by atoms with Crippen LogP contribution in [0.5, 0.6) is 0 Å². The van der Waals surface area contributed by atoms with Crippen LogP contribution in [0.2, 0.25) is 0 Å². The fourth-order valence-corrected chi connectivity index (χ4v) is 0. The van der Waals surface area contributed by atoms with E-state index >= 15 is 0 Å². The van der Waals surface area contributed by atoms with Crippen LogP contribution in [0.25, 0.3) is 0 Å². The fourth-order valence-electron chi connectivity index (χ4n) is 0. The van der Waals surface area contributed by atoms with Gasteiger partial charge in [0.2, 0.25) is 0 Å². The van der Waals surface area contributed by atoms with Gasteiger partial charge in [-0.05, 0) is 0 Å². The quantitative estimate of drug-likeness (QED) is 0.557. The summed E-state index contributed by atoms with van der Waals surface area (Å²) in [6.45, 7) is 0. The Hall–Kier alpha value is 2.75. The molecule has 0 atom stereocenters. The van der Waals surface area contributed by atoms with Crippen LogP contribution in [0.15, 0.2) is 0 Å². The topological polar surface area (TPSA) is 0 Å². The van der Waals surface area contributed by atoms with Crippen molar-refractivity contribution in [2.24, 2.45) is 0 Å². The summed E-state index contributed by atoms with van der Waals surface area (Å²) in [6.07, 6.45) is 0. The summed E-state index contributed by atoms with van der Waals surface area (Å²) in [5.41, 5.74) is 0. The maximum Gasteiger partial charge on any atom is 0 e. The van der Waals surface area contributed by atoms with Gasteiger partial charge in [-0.2, -0.15) is 13.5 Å². The van der Waals surface area contributed by atoms with Gasteiger partial charge in [0, 0.05) is 76.5 Å². The largest absolute Gasteiger partial charge is 0.197 e. The Morgan fingerprint density at radius 1 is 1.00 bits per heavy atom. The van der Waals surface area contributed by atoms with Gasteiger partial charge in [0.05, 0.1) is 0 Å². The fraction of sp³-hybridized carbons (Fsp3) is 0. The first-order chi connectivity index (χ1) is 0. The van der Waals surface area contributed by atoms with E-state index in [0.717, 1.165) is 0 Å². The van der Waals surface area contributed by atoms with Gasteiger partial charge >= 0.3 is 0 Å². The van der Waals surface area contributed by atoms with Gasteiger partial charge in [-0.15, -0.1) is 0 Å². The van der Waals surface area contributed by atoms with Crippen molar-refractivity contribution in [1.29, 1.82) is 0 Å². The molecule has 0 N–H and O–H groups in total. The maximum absolute atomic E-state index is 0. The van der Waals surface area contributed by atoms with Crippen molar-refractivity contribution in [3.8, 4) is 0 Å². The van der Waals surface area contributed by atoms with E-state index in [1.165, 1.54) is 0 Å². The summed E-state index contributed by atoms with van der Waals surface area (Å²) in [4.78, 5) is 0. The minimum absolute atomic E-state index is 0. The predicted molar refractivity (Wildman–Crippen MR) is 10.4 cm³/mol. The molecule has 0 saturated carbocycles. The molecule has 0 heterocycles. The van der Waals surface area contributed by atoms with Crippen LogP contribution >= 0.6 is 13.5 Å². The average molecular weight is 299 g/mol. The molecule has 0 fully saturated rings. The second-order valence-corrected chi connectivity index (χ2v) is 0. The van der Waals surface area contributed by atoms with Gasteiger partial charge in [0.15, 0.2) is 0 Å². The summed E-state index contributed by atoms with van der Waals surface area (Å²) >= 11 is 0. The van der Waals surface area contributed by atoms with E-state index in [1.807, 2.05) is 0 Å². The Bertz CT molecular complexity index is 11.6. The SMILES string of the molecule is S.[Co].[Fe].[Ni].[Zr]. The van der Waals surface area contributed by atoms with E-state index in [1.54, 1.807) is 0 Å². The van der Waals surface area contributed by atoms with Gasteiger partial charge in [-0.1, -0.05) is 0 Å². The third-order valence-corrected chi connectivity index (χ3v) is 0. The Labute approximate surface area is 88.8 Å². The van der Waals surface area contributed by atoms with Crippen LogP contribution in [-0.2, 0) is 76.5 Å². The van der Waals surface area contributed by atoms with E-state index in [0.29, 0.717) is 0 Å². The molecule has 0 aromatic heterocycles. The molecule has 0 bridgehead atoms. The molecular weight excluding hydrogens is 297 g/mol. The van der Waals surface area contributed by atoms with E-state index in [9.17, 15) is 0 Å². The third kappa shape index (κ3) is 20.1. The number of hydrogen-bond donors (Lipinski definition) is 0. The van der Waals surface area contributed by atoms with Gasteiger partial charge < -0.3 is 0 Å². The Morgan fingerprint density at radius 3 is 1.00 bits per heavy atom. The van der Waals surface area contributed by atoms with Crippen molar-refractivity contribution >= 4 is 13.5 Å². The second-order valence-electron chi connectivity index (χ2n) is 0. The minimum atomic E-state index is 0. The van der Waals surface area contributed by atoms with Gasteiger partial charge in [-0.3, -0.25) is 0 Å². The molecule has 0 unspecified atom stereocenters. The molecule has 0 saturated heterocycles. The molecule has 0 aromatic rings. The zero-order valence-electron chi connectivity index (χ0n) is 2.00. The van der Waals surface area contributed by atoms with Crippen LogP contribution < -0.4 is 0 Å². The van der Waals surface area contributed by atoms with Crippen LogP contribution in [0.3, 0.4) is 0 Å².